The molecule has 3 atom stereocenters. The minimum absolute atomic E-state index is 0.0700. The van der Waals surface area contributed by atoms with Crippen molar-refractivity contribution in [2.24, 2.45) is 0 Å². The zero-order chi connectivity index (χ0) is 27.5. The summed E-state index contributed by atoms with van der Waals surface area (Å²) >= 11 is 0. The van der Waals surface area contributed by atoms with Crippen LogP contribution in [0, 0.1) is 11.3 Å². The number of amides is 3. The van der Waals surface area contributed by atoms with E-state index in [9.17, 15) is 19.6 Å². The van der Waals surface area contributed by atoms with Crippen LogP contribution in [0.3, 0.4) is 0 Å². The molecular weight excluding hydrogens is 502 g/mol. The highest BCUT2D eigenvalue weighted by Gasteiger charge is 2.33. The van der Waals surface area contributed by atoms with Crippen LogP contribution in [-0.4, -0.2) is 78.7 Å². The van der Waals surface area contributed by atoms with Crippen molar-refractivity contribution >= 4 is 35.5 Å². The van der Waals surface area contributed by atoms with Crippen molar-refractivity contribution < 1.29 is 23.9 Å². The summed E-state index contributed by atoms with van der Waals surface area (Å²) in [5.74, 6) is 0.595. The van der Waals surface area contributed by atoms with Crippen LogP contribution in [0.15, 0.2) is 18.3 Å². The lowest BCUT2D eigenvalue weighted by Gasteiger charge is -2.36. The third-order valence-corrected chi connectivity index (χ3v) is 7.64. The van der Waals surface area contributed by atoms with Crippen LogP contribution in [0.25, 0.3) is 0 Å². The molecule has 0 spiro atoms. The molecule has 0 aromatic carbocycles. The van der Waals surface area contributed by atoms with Gasteiger partial charge in [0, 0.05) is 58.1 Å². The number of ether oxygens (including phenoxy) is 2. The summed E-state index contributed by atoms with van der Waals surface area (Å²) in [5.41, 5.74) is 2.62. The largest absolute Gasteiger partial charge is 0.379 e. The van der Waals surface area contributed by atoms with E-state index in [1.54, 1.807) is 18.1 Å². The summed E-state index contributed by atoms with van der Waals surface area (Å²) in [6, 6.07) is 5.28. The summed E-state index contributed by atoms with van der Waals surface area (Å²) in [6.07, 6.45) is 5.56. The maximum Gasteiger partial charge on any atom is 0.328 e. The van der Waals surface area contributed by atoms with E-state index in [0.717, 1.165) is 18.4 Å². The first-order chi connectivity index (χ1) is 18.9. The van der Waals surface area contributed by atoms with E-state index in [2.05, 4.69) is 26.7 Å². The average molecular weight is 534 g/mol. The van der Waals surface area contributed by atoms with E-state index in [1.807, 2.05) is 6.07 Å². The average Bonchev–Trinajstić information content (AvgIpc) is 3.29. The van der Waals surface area contributed by atoms with Crippen molar-refractivity contribution in [2.45, 2.75) is 56.9 Å². The number of hydrogen-bond donors (Lipinski definition) is 2. The molecule has 3 aliphatic rings. The zero-order valence-corrected chi connectivity index (χ0v) is 22.0. The van der Waals surface area contributed by atoms with Gasteiger partial charge in [0.25, 0.3) is 5.91 Å². The number of nitriles is 1. The maximum absolute atomic E-state index is 13.3. The molecule has 2 aliphatic heterocycles. The van der Waals surface area contributed by atoms with Gasteiger partial charge in [0.1, 0.15) is 29.5 Å². The standard InChI is InChI=1S/C27H31N7O5/c1-38-22-6-5-19(22)30-20-11-24(29-13-18(20)12-28)32-27(37)34-8-3-4-16-10-17(21(15-35)31-25(16)34)14-33-9-7-23(39-2)26(33)36/h10-11,13,15,19,22-23H,3-9,14H2,1-2H3,(H2,29,30,32,37)/t19-,22-,23?/m1/s1. The Morgan fingerprint density at radius 3 is 2.74 bits per heavy atom. The number of rotatable bonds is 8. The highest BCUT2D eigenvalue weighted by molar-refractivity contribution is 6.02. The van der Waals surface area contributed by atoms with Gasteiger partial charge in [0.15, 0.2) is 6.29 Å². The SMILES string of the molecule is COC1CCN(Cc2cc3c(nc2C=O)N(C(=O)Nc2cc(N[C@@H]4CC[C@H]4OC)c(C#N)cn2)CCC3)C1=O. The van der Waals surface area contributed by atoms with Gasteiger partial charge in [-0.1, -0.05) is 0 Å². The number of methoxy groups -OCH3 is 2. The van der Waals surface area contributed by atoms with Crippen molar-refractivity contribution in [3.05, 3.63) is 40.7 Å². The van der Waals surface area contributed by atoms with Gasteiger partial charge >= 0.3 is 6.03 Å². The number of anilines is 3. The number of carbonyl (C=O) groups is 3. The fourth-order valence-electron chi connectivity index (χ4n) is 5.30. The first-order valence-corrected chi connectivity index (χ1v) is 13.0. The first-order valence-electron chi connectivity index (χ1n) is 13.0. The molecule has 0 radical (unpaired) electrons. The normalized spacial score (nSPS) is 22.1. The van der Waals surface area contributed by atoms with E-state index >= 15 is 0 Å². The lowest BCUT2D eigenvalue weighted by Crippen LogP contribution is -2.44. The van der Waals surface area contributed by atoms with E-state index in [0.29, 0.717) is 61.3 Å². The molecule has 5 rings (SSSR count). The number of hydrogen-bond acceptors (Lipinski definition) is 9. The molecule has 1 unspecified atom stereocenters. The van der Waals surface area contributed by atoms with Crippen molar-refractivity contribution in [3.63, 3.8) is 0 Å². The number of fused-ring (bicyclic) bond motifs is 1. The number of nitrogens with zero attached hydrogens (tertiary/aromatic N) is 5. The zero-order valence-electron chi connectivity index (χ0n) is 22.0. The third kappa shape index (κ3) is 5.28. The molecule has 39 heavy (non-hydrogen) atoms. The van der Waals surface area contributed by atoms with Crippen molar-refractivity contribution in [2.75, 3.05) is 42.8 Å². The third-order valence-electron chi connectivity index (χ3n) is 7.64. The van der Waals surface area contributed by atoms with E-state index in [1.165, 1.54) is 18.2 Å². The summed E-state index contributed by atoms with van der Waals surface area (Å²) in [6.45, 7) is 1.22. The predicted octanol–water partition coefficient (Wildman–Crippen LogP) is 2.48. The van der Waals surface area contributed by atoms with Crippen LogP contribution in [0.5, 0.6) is 0 Å². The molecule has 4 heterocycles. The number of aryl methyl sites for hydroxylation is 1. The lowest BCUT2D eigenvalue weighted by molar-refractivity contribution is -0.136. The minimum atomic E-state index is -0.462. The van der Waals surface area contributed by atoms with E-state index in [4.69, 9.17) is 9.47 Å². The van der Waals surface area contributed by atoms with Crippen molar-refractivity contribution in [1.29, 1.82) is 5.26 Å². The molecule has 2 fully saturated rings. The number of urea groups is 1. The van der Waals surface area contributed by atoms with E-state index in [-0.39, 0.29) is 36.1 Å². The van der Waals surface area contributed by atoms with Gasteiger partial charge in [0.05, 0.1) is 23.4 Å². The Morgan fingerprint density at radius 2 is 2.08 bits per heavy atom. The van der Waals surface area contributed by atoms with Gasteiger partial charge < -0.3 is 19.7 Å². The molecule has 1 saturated heterocycles. The Hall–Kier alpha value is -4.08. The summed E-state index contributed by atoms with van der Waals surface area (Å²) in [4.78, 5) is 49.7. The van der Waals surface area contributed by atoms with Gasteiger partial charge in [-0.05, 0) is 37.3 Å². The number of aromatic nitrogens is 2. The highest BCUT2D eigenvalue weighted by atomic mass is 16.5. The van der Waals surface area contributed by atoms with Crippen LogP contribution in [0.1, 0.15) is 52.9 Å². The number of aldehydes is 1. The molecule has 12 nitrogen and oxygen atoms in total. The van der Waals surface area contributed by atoms with Crippen LogP contribution >= 0.6 is 0 Å². The lowest BCUT2D eigenvalue weighted by atomic mass is 9.88. The van der Waals surface area contributed by atoms with Gasteiger partial charge in [-0.25, -0.2) is 14.8 Å². The molecule has 1 saturated carbocycles. The first kappa shape index (κ1) is 26.5. The summed E-state index contributed by atoms with van der Waals surface area (Å²) < 4.78 is 10.7. The van der Waals surface area contributed by atoms with Gasteiger partial charge in [-0.15, -0.1) is 0 Å². The van der Waals surface area contributed by atoms with Gasteiger partial charge in [-0.2, -0.15) is 5.26 Å². The fraction of sp³-hybridized carbons (Fsp3) is 0.481. The Bertz CT molecular complexity index is 1320. The summed E-state index contributed by atoms with van der Waals surface area (Å²) in [7, 11) is 3.17. The predicted molar refractivity (Wildman–Crippen MR) is 142 cm³/mol. The number of nitrogens with one attached hydrogen (secondary N) is 2. The van der Waals surface area contributed by atoms with Crippen LogP contribution in [0.4, 0.5) is 22.1 Å². The Kier molecular flexibility index (Phi) is 7.72. The molecule has 12 heteroatoms. The monoisotopic (exact) mass is 533 g/mol. The van der Waals surface area contributed by atoms with Crippen LogP contribution in [0.2, 0.25) is 0 Å². The van der Waals surface area contributed by atoms with Gasteiger partial charge in [-0.3, -0.25) is 19.8 Å². The van der Waals surface area contributed by atoms with E-state index < -0.39 is 12.1 Å². The minimum Gasteiger partial charge on any atom is -0.379 e. The second kappa shape index (κ2) is 11.3. The molecule has 3 amide bonds. The Labute approximate surface area is 226 Å². The van der Waals surface area contributed by atoms with Crippen LogP contribution in [-0.2, 0) is 27.2 Å². The highest BCUT2D eigenvalue weighted by Crippen LogP contribution is 2.31. The second-order valence-corrected chi connectivity index (χ2v) is 9.92. The Morgan fingerprint density at radius 1 is 1.23 bits per heavy atom. The number of likely N-dealkylation sites (tertiary alicyclic amines) is 1. The van der Waals surface area contributed by atoms with Crippen LogP contribution < -0.4 is 15.5 Å². The molecule has 2 aromatic rings. The van der Waals surface area contributed by atoms with Crippen molar-refractivity contribution in [1.82, 2.24) is 14.9 Å². The topological polar surface area (TPSA) is 150 Å². The molecule has 2 aromatic heterocycles. The molecular formula is C27H31N7O5. The Balaban J connectivity index is 1.34. The maximum atomic E-state index is 13.3. The molecule has 204 valence electrons. The quantitative estimate of drug-likeness (QED) is 0.488. The van der Waals surface area contributed by atoms with Gasteiger partial charge in [0.2, 0.25) is 0 Å². The molecule has 2 N–H and O–H groups in total. The number of carbonyl (C=O) groups excluding carboxylic acids is 3. The smallest absolute Gasteiger partial charge is 0.328 e. The summed E-state index contributed by atoms with van der Waals surface area (Å²) in [5, 5.41) is 15.6. The second-order valence-electron chi connectivity index (χ2n) is 9.92. The molecule has 0 bridgehead atoms. The number of pyridine rings is 2. The molecule has 1 aliphatic carbocycles. The fourth-order valence-corrected chi connectivity index (χ4v) is 5.30. The van der Waals surface area contributed by atoms with Crippen molar-refractivity contribution in [3.8, 4) is 6.07 Å².